The van der Waals surface area contributed by atoms with Crippen LogP contribution in [0, 0.1) is 12.7 Å². The van der Waals surface area contributed by atoms with Crippen LogP contribution in [0.2, 0.25) is 0 Å². The molecule has 1 aliphatic heterocycles. The van der Waals surface area contributed by atoms with Gasteiger partial charge in [0.2, 0.25) is 10.0 Å². The summed E-state index contributed by atoms with van der Waals surface area (Å²) in [6.07, 6.45) is 0. The molecule has 0 radical (unpaired) electrons. The van der Waals surface area contributed by atoms with E-state index in [1.54, 1.807) is 11.8 Å². The third kappa shape index (κ3) is 2.86. The maximum atomic E-state index is 13.9. The second-order valence-electron chi connectivity index (χ2n) is 4.94. The van der Waals surface area contributed by atoms with E-state index in [2.05, 4.69) is 0 Å². The Bertz CT molecular complexity index is 605. The number of hydrogen-bond donors (Lipinski definition) is 1. The van der Waals surface area contributed by atoms with E-state index < -0.39 is 15.8 Å². The van der Waals surface area contributed by atoms with Crippen molar-refractivity contribution in [3.8, 4) is 0 Å². The lowest BCUT2D eigenvalue weighted by molar-refractivity contribution is 0.367. The van der Waals surface area contributed by atoms with E-state index >= 15 is 0 Å². The van der Waals surface area contributed by atoms with E-state index in [4.69, 9.17) is 5.73 Å². The molecule has 0 saturated carbocycles. The van der Waals surface area contributed by atoms with Crippen LogP contribution in [-0.2, 0) is 16.6 Å². The Kier molecular flexibility index (Phi) is 4.73. The van der Waals surface area contributed by atoms with E-state index in [-0.39, 0.29) is 23.0 Å². The topological polar surface area (TPSA) is 63.4 Å². The first-order chi connectivity index (χ1) is 9.37. The summed E-state index contributed by atoms with van der Waals surface area (Å²) in [6, 6.07) is 2.70. The monoisotopic (exact) mass is 318 g/mol. The van der Waals surface area contributed by atoms with Gasteiger partial charge in [-0.25, -0.2) is 12.8 Å². The van der Waals surface area contributed by atoms with Crippen molar-refractivity contribution in [3.63, 3.8) is 0 Å². The zero-order chi connectivity index (χ0) is 14.9. The molecule has 1 heterocycles. The number of hydrogen-bond acceptors (Lipinski definition) is 4. The molecule has 2 rings (SSSR count). The summed E-state index contributed by atoms with van der Waals surface area (Å²) in [5.41, 5.74) is 6.16. The van der Waals surface area contributed by atoms with Crippen LogP contribution in [0.3, 0.4) is 0 Å². The number of thioether (sulfide) groups is 1. The Labute approximate surface area is 123 Å². The summed E-state index contributed by atoms with van der Waals surface area (Å²) in [6.45, 7) is 3.95. The third-order valence-electron chi connectivity index (χ3n) is 3.49. The zero-order valence-corrected chi connectivity index (χ0v) is 13.2. The maximum absolute atomic E-state index is 13.9. The van der Waals surface area contributed by atoms with Crippen molar-refractivity contribution in [2.24, 2.45) is 5.73 Å². The smallest absolute Gasteiger partial charge is 0.243 e. The fourth-order valence-corrected chi connectivity index (χ4v) is 5.43. The minimum atomic E-state index is -3.67. The predicted molar refractivity (Wildman–Crippen MR) is 79.7 cm³/mol. The van der Waals surface area contributed by atoms with Gasteiger partial charge >= 0.3 is 0 Å². The fraction of sp³-hybridized carbons (Fsp3) is 0.538. The molecule has 1 aromatic carbocycles. The minimum absolute atomic E-state index is 0.0386. The lowest BCUT2D eigenvalue weighted by Gasteiger charge is -2.32. The predicted octanol–water partition coefficient (Wildman–Crippen LogP) is 1.72. The van der Waals surface area contributed by atoms with Crippen LogP contribution in [0.15, 0.2) is 17.0 Å². The maximum Gasteiger partial charge on any atom is 0.243 e. The Morgan fingerprint density at radius 3 is 2.80 bits per heavy atom. The zero-order valence-electron chi connectivity index (χ0n) is 11.6. The summed E-state index contributed by atoms with van der Waals surface area (Å²) < 4.78 is 40.8. The summed E-state index contributed by atoms with van der Waals surface area (Å²) in [5, 5.41) is 0. The molecule has 7 heteroatoms. The first-order valence-corrected chi connectivity index (χ1v) is 9.06. The molecule has 0 aromatic heterocycles. The van der Waals surface area contributed by atoms with Gasteiger partial charge in [-0.3, -0.25) is 0 Å². The number of nitrogens with two attached hydrogens (primary N) is 1. The first kappa shape index (κ1) is 15.8. The van der Waals surface area contributed by atoms with E-state index in [9.17, 15) is 12.8 Å². The van der Waals surface area contributed by atoms with Crippen molar-refractivity contribution >= 4 is 21.8 Å². The molecule has 0 spiro atoms. The quantitative estimate of drug-likeness (QED) is 0.922. The van der Waals surface area contributed by atoms with Gasteiger partial charge in [0.1, 0.15) is 5.82 Å². The van der Waals surface area contributed by atoms with Crippen LogP contribution < -0.4 is 5.73 Å². The number of sulfonamides is 1. The Morgan fingerprint density at radius 2 is 2.20 bits per heavy atom. The molecule has 1 aromatic rings. The lowest BCUT2D eigenvalue weighted by atomic mass is 10.1. The van der Waals surface area contributed by atoms with E-state index in [1.165, 1.54) is 23.4 Å². The molecular weight excluding hydrogens is 299 g/mol. The molecule has 2 N–H and O–H groups in total. The normalized spacial score (nSPS) is 21.1. The summed E-state index contributed by atoms with van der Waals surface area (Å²) in [5.74, 6) is 1.00. The summed E-state index contributed by atoms with van der Waals surface area (Å²) in [7, 11) is -3.67. The first-order valence-electron chi connectivity index (χ1n) is 6.46. The molecule has 20 heavy (non-hydrogen) atoms. The van der Waals surface area contributed by atoms with Gasteiger partial charge in [-0.2, -0.15) is 16.1 Å². The number of halogens is 1. The van der Waals surface area contributed by atoms with Crippen molar-refractivity contribution in [2.75, 3.05) is 18.1 Å². The molecule has 112 valence electrons. The van der Waals surface area contributed by atoms with Gasteiger partial charge in [0.25, 0.3) is 0 Å². The highest BCUT2D eigenvalue weighted by atomic mass is 32.2. The standard InChI is InChI=1S/C13H19FN2O2S2/c1-9-8-19-4-3-16(9)20(17,18)13-6-11(7-15)5-12(14)10(13)2/h5-6,9H,3-4,7-8,15H2,1-2H3. The summed E-state index contributed by atoms with van der Waals surface area (Å²) in [4.78, 5) is 0.0386. The average Bonchev–Trinajstić information content (AvgIpc) is 2.41. The highest BCUT2D eigenvalue weighted by Crippen LogP contribution is 2.28. The number of benzene rings is 1. The second-order valence-corrected chi connectivity index (χ2v) is 7.95. The van der Waals surface area contributed by atoms with Crippen LogP contribution in [0.25, 0.3) is 0 Å². The molecule has 0 amide bonds. The van der Waals surface area contributed by atoms with E-state index in [1.807, 2.05) is 6.92 Å². The molecule has 0 aliphatic carbocycles. The highest BCUT2D eigenvalue weighted by Gasteiger charge is 2.33. The van der Waals surface area contributed by atoms with Crippen LogP contribution in [-0.4, -0.2) is 36.8 Å². The van der Waals surface area contributed by atoms with Gasteiger partial charge in [0.05, 0.1) is 4.90 Å². The minimum Gasteiger partial charge on any atom is -0.326 e. The largest absolute Gasteiger partial charge is 0.326 e. The molecular formula is C13H19FN2O2S2. The van der Waals surface area contributed by atoms with Crippen LogP contribution >= 0.6 is 11.8 Å². The van der Waals surface area contributed by atoms with Crippen LogP contribution in [0.5, 0.6) is 0 Å². The molecule has 1 saturated heterocycles. The molecule has 1 aliphatic rings. The van der Waals surface area contributed by atoms with Crippen molar-refractivity contribution in [3.05, 3.63) is 29.1 Å². The highest BCUT2D eigenvalue weighted by molar-refractivity contribution is 7.99. The summed E-state index contributed by atoms with van der Waals surface area (Å²) >= 11 is 1.73. The Hall–Kier alpha value is -0.630. The van der Waals surface area contributed by atoms with Gasteiger partial charge in [-0.1, -0.05) is 0 Å². The van der Waals surface area contributed by atoms with Crippen molar-refractivity contribution in [1.29, 1.82) is 0 Å². The molecule has 1 unspecified atom stereocenters. The molecule has 1 atom stereocenters. The van der Waals surface area contributed by atoms with Gasteiger partial charge < -0.3 is 5.73 Å². The number of rotatable bonds is 3. The fourth-order valence-electron chi connectivity index (χ4n) is 2.29. The molecule has 4 nitrogen and oxygen atoms in total. The average molecular weight is 318 g/mol. The SMILES string of the molecule is Cc1c(F)cc(CN)cc1S(=O)(=O)N1CCSCC1C. The number of nitrogens with zero attached hydrogens (tertiary/aromatic N) is 1. The van der Waals surface area contributed by atoms with Crippen LogP contribution in [0.1, 0.15) is 18.1 Å². The van der Waals surface area contributed by atoms with Crippen molar-refractivity contribution in [1.82, 2.24) is 4.31 Å². The van der Waals surface area contributed by atoms with Crippen LogP contribution in [0.4, 0.5) is 4.39 Å². The molecule has 0 bridgehead atoms. The van der Waals surface area contributed by atoms with Gasteiger partial charge in [-0.15, -0.1) is 0 Å². The van der Waals surface area contributed by atoms with E-state index in [0.29, 0.717) is 12.1 Å². The van der Waals surface area contributed by atoms with Crippen molar-refractivity contribution < 1.29 is 12.8 Å². The third-order valence-corrected chi connectivity index (χ3v) is 6.81. The Morgan fingerprint density at radius 1 is 1.50 bits per heavy atom. The van der Waals surface area contributed by atoms with Gasteiger partial charge in [0, 0.05) is 36.2 Å². The molecule has 1 fully saturated rings. The van der Waals surface area contributed by atoms with Gasteiger partial charge in [0.15, 0.2) is 0 Å². The Balaban J connectivity index is 2.51. The van der Waals surface area contributed by atoms with Crippen molar-refractivity contribution in [2.45, 2.75) is 31.3 Å². The van der Waals surface area contributed by atoms with Gasteiger partial charge in [-0.05, 0) is 31.5 Å². The lowest BCUT2D eigenvalue weighted by Crippen LogP contribution is -2.44. The van der Waals surface area contributed by atoms with E-state index in [0.717, 1.165) is 11.5 Å². The second kappa shape index (κ2) is 6.01.